The maximum atomic E-state index is 3.14. The van der Waals surface area contributed by atoms with E-state index in [2.05, 4.69) is 458 Å². The normalized spacial score (nSPS) is 26.2. The molecule has 0 aliphatic heterocycles. The SMILES string of the molecule is CC1(C)C2=CC3C(c4ccccc4)CC([Si](C)(C)N(C4CCCCC4)C(C)(C)C)C3C=C2c2ccc(-n3c4ccccc4c4ccccc43)cc21.CC1C(C)C([Si](C)(C)N(C2CCCCC2)C(C)(C)C)C2C=C3C(=CC12)C(C)(C)c1cc(-n2c4ccccc4c4ccccc42)ccc13.CC1CC2C=C3C(=CC2C1[Si](C)(C)N(C1CCCCC1)C(C)(C)C)c1ccc(-n2c4ccccc4c4ccccc42)cc1C3(C)C. The molecular formula is C135H166N6Si3. The number of hydrogen-bond donors (Lipinski definition) is 0. The van der Waals surface area contributed by atoms with E-state index in [1.54, 1.807) is 22.3 Å². The van der Waals surface area contributed by atoms with Gasteiger partial charge in [0.25, 0.3) is 0 Å². The standard InChI is InChI=1S/C48H56N2Si.C44H56N2Si.C43H54N2Si/c1-47(2,3)50(33-20-12-9-13-21-33)51(6,7)46-31-38(32-18-10-8-11-19-32)39-30-43-40(29-41(39)46)35-27-26-34(28-42(35)48(43,4)5)49-44-24-16-14-22-36(44)37-23-15-17-25-45(37)49;1-28-29(2)42(47(8,9)46(43(3,4)5)30-17-11-10-12-18-30)37-26-36-32-24-23-31(25-38(32)44(6,7)39(36)27-35(28)37)45-40-21-15-13-19-33(40)34-20-14-16-22-41(34)45;1-28-24-29-25-37-36(27-35(29)41(28)46(7,8)45(42(2,3)4)30-16-10-9-11-17-30)32-23-22-31(26-38(32)43(37,5)6)44-39-20-14-12-18-33(39)34-19-13-15-21-40(34)44/h8,10-11,14-19,22-30,33,38-39,41,46H,9,12-13,20-21,31H2,1-7H3;13-16,19-30,35,37,42H,10-12,17-18H2,1-9H3;12-15,18-23,25-30,35,41H,9-11,16-17,24H2,1-8H3. The van der Waals surface area contributed by atoms with Crippen LogP contribution in [-0.4, -0.2) is 86.8 Å². The summed E-state index contributed by atoms with van der Waals surface area (Å²) >= 11 is 0. The summed E-state index contributed by atoms with van der Waals surface area (Å²) in [5.41, 5.74) is 33.9. The summed E-state index contributed by atoms with van der Waals surface area (Å²) in [5.74, 6) is 6.37. The molecule has 6 nitrogen and oxygen atoms in total. The number of benzene rings is 10. The third-order valence-corrected chi connectivity index (χ3v) is 54.4. The first-order valence-electron chi connectivity index (χ1n) is 56.8. The summed E-state index contributed by atoms with van der Waals surface area (Å²) in [5, 5.41) is 7.95. The lowest BCUT2D eigenvalue weighted by molar-refractivity contribution is 0.138. The minimum absolute atomic E-state index is 0.00524. The summed E-state index contributed by atoms with van der Waals surface area (Å²) in [6.45, 7) is 61.8. The highest BCUT2D eigenvalue weighted by molar-refractivity contribution is 6.77. The molecule has 144 heavy (non-hydrogen) atoms. The van der Waals surface area contributed by atoms with Crippen LogP contribution in [0.2, 0.25) is 55.9 Å². The van der Waals surface area contributed by atoms with Crippen LogP contribution in [0, 0.1) is 53.3 Å². The fourth-order valence-electron chi connectivity index (χ4n) is 35.1. The number of fused-ring (bicyclic) bond motifs is 21. The first-order chi connectivity index (χ1) is 68.7. The number of nitrogens with zero attached hydrogens (tertiary/aromatic N) is 6. The summed E-state index contributed by atoms with van der Waals surface area (Å²) in [7, 11) is -5.57. The van der Waals surface area contributed by atoms with Gasteiger partial charge in [-0.1, -0.05) is 354 Å². The van der Waals surface area contributed by atoms with Gasteiger partial charge in [0.05, 0.1) is 33.1 Å². The Hall–Kier alpha value is -9.43. The Morgan fingerprint density at radius 2 is 0.597 bits per heavy atom. The second kappa shape index (κ2) is 35.9. The molecule has 13 unspecified atom stereocenters. The van der Waals surface area contributed by atoms with Crippen molar-refractivity contribution in [3.8, 4) is 17.1 Å². The van der Waals surface area contributed by atoms with E-state index in [9.17, 15) is 0 Å². The highest BCUT2D eigenvalue weighted by Crippen LogP contribution is 2.68. The van der Waals surface area contributed by atoms with Crippen molar-refractivity contribution in [3.05, 3.63) is 323 Å². The van der Waals surface area contributed by atoms with Crippen molar-refractivity contribution in [2.24, 2.45) is 53.3 Å². The monoisotopic (exact) mass is 1960 g/mol. The highest BCUT2D eigenvalue weighted by Gasteiger charge is 2.62. The second-order valence-electron chi connectivity index (χ2n) is 53.5. The van der Waals surface area contributed by atoms with Crippen LogP contribution >= 0.6 is 0 Å². The van der Waals surface area contributed by atoms with Crippen LogP contribution in [0.5, 0.6) is 0 Å². The van der Waals surface area contributed by atoms with Gasteiger partial charge in [0, 0.05) is 100 Å². The zero-order chi connectivity index (χ0) is 101. The average molecular weight is 1960 g/mol. The van der Waals surface area contributed by atoms with E-state index >= 15 is 0 Å². The molecule has 6 saturated carbocycles. The van der Waals surface area contributed by atoms with Gasteiger partial charge in [0.1, 0.15) is 24.7 Å². The minimum Gasteiger partial charge on any atom is -0.316 e. The molecule has 748 valence electrons. The van der Waals surface area contributed by atoms with Gasteiger partial charge < -0.3 is 27.4 Å². The van der Waals surface area contributed by atoms with Gasteiger partial charge in [-0.15, -0.1) is 0 Å². The zero-order valence-electron chi connectivity index (χ0n) is 91.8. The van der Waals surface area contributed by atoms with Crippen LogP contribution in [0.25, 0.3) is 99.2 Å². The predicted octanol–water partition coefficient (Wildman–Crippen LogP) is 36.4. The Balaban J connectivity index is 0.000000120. The molecule has 6 fully saturated rings. The van der Waals surface area contributed by atoms with E-state index in [1.807, 2.05) is 0 Å². The van der Waals surface area contributed by atoms with Crippen LogP contribution in [0.3, 0.4) is 0 Å². The number of hydrogen-bond acceptors (Lipinski definition) is 3. The van der Waals surface area contributed by atoms with E-state index in [0.717, 1.165) is 41.0 Å². The van der Waals surface area contributed by atoms with E-state index in [0.29, 0.717) is 52.9 Å². The summed E-state index contributed by atoms with van der Waals surface area (Å²) in [4.78, 5) is 0. The molecule has 13 atom stereocenters. The Kier molecular flexibility index (Phi) is 24.4. The van der Waals surface area contributed by atoms with E-state index < -0.39 is 24.7 Å². The van der Waals surface area contributed by atoms with Crippen LogP contribution in [0.15, 0.2) is 284 Å². The quantitative estimate of drug-likeness (QED) is 0.108. The van der Waals surface area contributed by atoms with Gasteiger partial charge in [-0.25, -0.2) is 0 Å². The summed E-state index contributed by atoms with van der Waals surface area (Å²) in [6.07, 6.45) is 40.4. The van der Waals surface area contributed by atoms with E-state index in [1.165, 1.54) is 242 Å². The van der Waals surface area contributed by atoms with E-state index in [4.69, 9.17) is 0 Å². The van der Waals surface area contributed by atoms with Crippen LogP contribution < -0.4 is 0 Å². The lowest BCUT2D eigenvalue weighted by Gasteiger charge is -2.56. The van der Waals surface area contributed by atoms with Crippen molar-refractivity contribution >= 4 is 107 Å². The van der Waals surface area contributed by atoms with Crippen LogP contribution in [0.4, 0.5) is 0 Å². The molecule has 10 aromatic carbocycles. The van der Waals surface area contributed by atoms with Gasteiger partial charge in [0.2, 0.25) is 0 Å². The first-order valence-corrected chi connectivity index (χ1v) is 65.9. The molecule has 0 bridgehead atoms. The molecule has 0 saturated heterocycles. The maximum absolute atomic E-state index is 3.14. The smallest absolute Gasteiger partial charge is 0.127 e. The van der Waals surface area contributed by atoms with Gasteiger partial charge in [-0.05, 0) is 335 Å². The number of allylic oxidation sites excluding steroid dienone is 12. The fourth-order valence-corrected chi connectivity index (χ4v) is 52.6. The lowest BCUT2D eigenvalue weighted by atomic mass is 9.73. The van der Waals surface area contributed by atoms with Crippen molar-refractivity contribution in [1.82, 2.24) is 27.4 Å². The van der Waals surface area contributed by atoms with Crippen molar-refractivity contribution in [1.29, 1.82) is 0 Å². The Labute approximate surface area is 867 Å². The van der Waals surface area contributed by atoms with E-state index in [-0.39, 0.29) is 32.9 Å². The van der Waals surface area contributed by atoms with Gasteiger partial charge >= 0.3 is 0 Å². The van der Waals surface area contributed by atoms with Crippen molar-refractivity contribution in [2.45, 2.75) is 347 Å². The Morgan fingerprint density at radius 1 is 0.292 bits per heavy atom. The first kappa shape index (κ1) is 97.9. The molecule has 3 heterocycles. The topological polar surface area (TPSA) is 24.5 Å². The van der Waals surface area contributed by atoms with Gasteiger partial charge in [-0.2, -0.15) is 0 Å². The molecule has 0 N–H and O–H groups in total. The molecule has 0 amide bonds. The molecule has 3 aromatic heterocycles. The van der Waals surface area contributed by atoms with Crippen LogP contribution in [0.1, 0.15) is 279 Å². The number of aromatic nitrogens is 3. The fraction of sp³-hybridized carbons (Fsp3) is 0.467. The summed E-state index contributed by atoms with van der Waals surface area (Å²) < 4.78 is 16.9. The van der Waals surface area contributed by atoms with Gasteiger partial charge in [0.15, 0.2) is 0 Å². The molecule has 12 aliphatic rings. The minimum atomic E-state index is -1.92. The second-order valence-corrected chi connectivity index (χ2v) is 66.9. The Morgan fingerprint density at radius 3 is 0.951 bits per heavy atom. The number of rotatable bonds is 13. The van der Waals surface area contributed by atoms with Crippen molar-refractivity contribution in [2.75, 3.05) is 0 Å². The Bertz CT molecular complexity index is 7220. The van der Waals surface area contributed by atoms with Gasteiger partial charge in [-0.3, -0.25) is 0 Å². The third-order valence-electron chi connectivity index (χ3n) is 40.0. The van der Waals surface area contributed by atoms with Crippen LogP contribution in [-0.2, 0) is 16.2 Å². The molecule has 12 aliphatic carbocycles. The largest absolute Gasteiger partial charge is 0.316 e. The highest BCUT2D eigenvalue weighted by atomic mass is 28.3. The molecule has 25 rings (SSSR count). The number of para-hydroxylation sites is 6. The maximum Gasteiger partial charge on any atom is 0.127 e. The molecule has 13 aromatic rings. The molecule has 9 heteroatoms. The molecule has 0 radical (unpaired) electrons. The van der Waals surface area contributed by atoms with Crippen molar-refractivity contribution in [3.63, 3.8) is 0 Å². The zero-order valence-corrected chi connectivity index (χ0v) is 94.8. The third kappa shape index (κ3) is 15.8. The molecule has 0 spiro atoms. The lowest BCUT2D eigenvalue weighted by Crippen LogP contribution is -2.65. The van der Waals surface area contributed by atoms with Crippen molar-refractivity contribution < 1.29 is 0 Å². The predicted molar refractivity (Wildman–Crippen MR) is 626 cm³/mol. The summed E-state index contributed by atoms with van der Waals surface area (Å²) in [6, 6.07) is 89.3. The molecular weight excluding hydrogens is 1790 g/mol. The average Bonchev–Trinajstić information content (AvgIpc) is 1.55.